The van der Waals surface area contributed by atoms with Gasteiger partial charge in [0.1, 0.15) is 11.6 Å². The number of carbonyl (C=O) groups is 1. The molecule has 0 atom stereocenters. The van der Waals surface area contributed by atoms with Gasteiger partial charge in [-0.15, -0.1) is 0 Å². The summed E-state index contributed by atoms with van der Waals surface area (Å²) in [6.45, 7) is 9.45. The second kappa shape index (κ2) is 12.4. The maximum Gasteiger partial charge on any atom is 0.229 e. The summed E-state index contributed by atoms with van der Waals surface area (Å²) in [5.74, 6) is 1.52. The van der Waals surface area contributed by atoms with Gasteiger partial charge in [0.2, 0.25) is 5.91 Å². The molecular weight excluding hydrogens is 488 g/mol. The fraction of sp³-hybridized carbons (Fsp3) is 0.333. The van der Waals surface area contributed by atoms with Crippen molar-refractivity contribution in [3.05, 3.63) is 89.6 Å². The number of aliphatic hydroxyl groups is 1. The van der Waals surface area contributed by atoms with E-state index >= 15 is 0 Å². The van der Waals surface area contributed by atoms with Crippen LogP contribution in [-0.2, 0) is 22.7 Å². The molecule has 0 saturated carbocycles. The number of aliphatic hydroxyl groups excluding tert-OH is 1. The Balaban J connectivity index is 1.68. The van der Waals surface area contributed by atoms with E-state index in [1.165, 1.54) is 0 Å². The number of carbonyl (C=O) groups excluding carboxylic acids is 1. The Hall–Kier alpha value is -3.74. The number of benzene rings is 3. The van der Waals surface area contributed by atoms with Crippen LogP contribution < -0.4 is 9.64 Å². The van der Waals surface area contributed by atoms with Crippen molar-refractivity contribution in [1.82, 2.24) is 4.98 Å². The van der Waals surface area contributed by atoms with Crippen LogP contribution in [0.2, 0.25) is 0 Å². The molecule has 1 N–H and O–H groups in total. The first kappa shape index (κ1) is 28.3. The maximum absolute atomic E-state index is 13.7. The average Bonchev–Trinajstić information content (AvgIpc) is 2.91. The number of ether oxygens (including phenoxy) is 2. The molecule has 39 heavy (non-hydrogen) atoms. The topological polar surface area (TPSA) is 71.9 Å². The zero-order chi connectivity index (χ0) is 28.0. The molecule has 0 unspecified atom stereocenters. The summed E-state index contributed by atoms with van der Waals surface area (Å²) in [5.41, 5.74) is 5.25. The Bertz CT molecular complexity index is 1420. The third kappa shape index (κ3) is 7.22. The van der Waals surface area contributed by atoms with Crippen LogP contribution in [0.4, 0.5) is 5.82 Å². The van der Waals surface area contributed by atoms with Crippen LogP contribution in [0.25, 0.3) is 21.9 Å². The summed E-state index contributed by atoms with van der Waals surface area (Å²) in [5, 5.41) is 10.9. The van der Waals surface area contributed by atoms with Crippen molar-refractivity contribution in [2.45, 2.75) is 47.3 Å². The van der Waals surface area contributed by atoms with Crippen LogP contribution in [0.1, 0.15) is 43.9 Å². The van der Waals surface area contributed by atoms with Gasteiger partial charge in [0.25, 0.3) is 0 Å². The Morgan fingerprint density at radius 1 is 0.974 bits per heavy atom. The second-order valence-electron chi connectivity index (χ2n) is 11.1. The molecule has 0 aliphatic rings. The Morgan fingerprint density at radius 2 is 1.72 bits per heavy atom. The van der Waals surface area contributed by atoms with E-state index in [1.54, 1.807) is 13.3 Å². The minimum atomic E-state index is -0.162. The normalized spacial score (nSPS) is 11.5. The Kier molecular flexibility index (Phi) is 9.00. The molecule has 0 aliphatic carbocycles. The van der Waals surface area contributed by atoms with Crippen LogP contribution in [0.5, 0.6) is 5.75 Å². The summed E-state index contributed by atoms with van der Waals surface area (Å²) >= 11 is 0. The van der Waals surface area contributed by atoms with E-state index in [4.69, 9.17) is 19.6 Å². The number of hydrogen-bond donors (Lipinski definition) is 1. The zero-order valence-electron chi connectivity index (χ0n) is 23.5. The SMILES string of the molecule is COc1ccc(-c2ccc(CN(C(=O)CC(C)(C)C)c3nccc4cc(COCCO)ccc34)c(C)c2)cc1. The van der Waals surface area contributed by atoms with Crippen LogP contribution in [-0.4, -0.2) is 36.3 Å². The van der Waals surface area contributed by atoms with E-state index in [9.17, 15) is 4.79 Å². The van der Waals surface area contributed by atoms with Gasteiger partial charge in [-0.3, -0.25) is 9.69 Å². The van der Waals surface area contributed by atoms with Crippen molar-refractivity contribution < 1.29 is 19.4 Å². The first-order valence-electron chi connectivity index (χ1n) is 13.3. The third-order valence-corrected chi connectivity index (χ3v) is 6.64. The van der Waals surface area contributed by atoms with E-state index in [0.717, 1.165) is 44.3 Å². The van der Waals surface area contributed by atoms with E-state index in [1.807, 2.05) is 35.2 Å². The van der Waals surface area contributed by atoms with Crippen molar-refractivity contribution in [1.29, 1.82) is 0 Å². The summed E-state index contributed by atoms with van der Waals surface area (Å²) in [4.78, 5) is 20.3. The molecule has 6 nitrogen and oxygen atoms in total. The van der Waals surface area contributed by atoms with E-state index in [2.05, 4.69) is 64.1 Å². The smallest absolute Gasteiger partial charge is 0.229 e. The fourth-order valence-electron chi connectivity index (χ4n) is 4.61. The number of pyridine rings is 1. The lowest BCUT2D eigenvalue weighted by Gasteiger charge is -2.28. The van der Waals surface area contributed by atoms with Gasteiger partial charge >= 0.3 is 0 Å². The molecule has 0 bridgehead atoms. The Labute approximate surface area is 231 Å². The lowest BCUT2D eigenvalue weighted by atomic mass is 9.91. The van der Waals surface area contributed by atoms with Crippen molar-refractivity contribution in [2.24, 2.45) is 5.41 Å². The molecule has 0 radical (unpaired) electrons. The van der Waals surface area contributed by atoms with Gasteiger partial charge in [-0.25, -0.2) is 4.98 Å². The van der Waals surface area contributed by atoms with Gasteiger partial charge in [-0.1, -0.05) is 63.2 Å². The molecule has 1 heterocycles. The number of rotatable bonds is 10. The average molecular weight is 527 g/mol. The van der Waals surface area contributed by atoms with Gasteiger partial charge < -0.3 is 14.6 Å². The van der Waals surface area contributed by atoms with Crippen molar-refractivity contribution in [3.8, 4) is 16.9 Å². The molecule has 1 aromatic heterocycles. The van der Waals surface area contributed by atoms with E-state index in [-0.39, 0.29) is 17.9 Å². The number of methoxy groups -OCH3 is 1. The number of nitrogens with zero attached hydrogens (tertiary/aromatic N) is 2. The van der Waals surface area contributed by atoms with E-state index < -0.39 is 0 Å². The number of fused-ring (bicyclic) bond motifs is 1. The van der Waals surface area contributed by atoms with Crippen molar-refractivity contribution in [2.75, 3.05) is 25.2 Å². The highest BCUT2D eigenvalue weighted by Crippen LogP contribution is 2.31. The number of aryl methyl sites for hydroxylation is 1. The van der Waals surface area contributed by atoms with Gasteiger partial charge in [-0.2, -0.15) is 0 Å². The van der Waals surface area contributed by atoms with Gasteiger partial charge in [0, 0.05) is 18.0 Å². The minimum Gasteiger partial charge on any atom is -0.497 e. The van der Waals surface area contributed by atoms with Crippen LogP contribution in [0.3, 0.4) is 0 Å². The third-order valence-electron chi connectivity index (χ3n) is 6.64. The quantitative estimate of drug-likeness (QED) is 0.233. The van der Waals surface area contributed by atoms with E-state index in [0.29, 0.717) is 32.0 Å². The molecule has 0 saturated heterocycles. The molecule has 4 aromatic rings. The summed E-state index contributed by atoms with van der Waals surface area (Å²) < 4.78 is 10.8. The highest BCUT2D eigenvalue weighted by Gasteiger charge is 2.25. The maximum atomic E-state index is 13.7. The second-order valence-corrected chi connectivity index (χ2v) is 11.1. The largest absolute Gasteiger partial charge is 0.497 e. The summed E-state index contributed by atoms with van der Waals surface area (Å²) in [7, 11) is 1.66. The minimum absolute atomic E-state index is 0.00695. The highest BCUT2D eigenvalue weighted by molar-refractivity contribution is 6.02. The first-order chi connectivity index (χ1) is 18.7. The van der Waals surface area contributed by atoms with Crippen molar-refractivity contribution >= 4 is 22.5 Å². The van der Waals surface area contributed by atoms with Gasteiger partial charge in [0.15, 0.2) is 0 Å². The lowest BCUT2D eigenvalue weighted by molar-refractivity contribution is -0.120. The van der Waals surface area contributed by atoms with Crippen LogP contribution in [0, 0.1) is 12.3 Å². The number of hydrogen-bond acceptors (Lipinski definition) is 5. The molecular formula is C33H38N2O4. The summed E-state index contributed by atoms with van der Waals surface area (Å²) in [6.07, 6.45) is 2.16. The lowest BCUT2D eigenvalue weighted by Crippen LogP contribution is -2.34. The number of aromatic nitrogens is 1. The summed E-state index contributed by atoms with van der Waals surface area (Å²) in [6, 6.07) is 22.4. The molecule has 1 amide bonds. The zero-order valence-corrected chi connectivity index (χ0v) is 23.5. The molecule has 0 spiro atoms. The fourth-order valence-corrected chi connectivity index (χ4v) is 4.61. The molecule has 0 fully saturated rings. The monoisotopic (exact) mass is 526 g/mol. The molecule has 3 aromatic carbocycles. The van der Waals surface area contributed by atoms with Crippen LogP contribution in [0.15, 0.2) is 72.9 Å². The molecule has 6 heteroatoms. The van der Waals surface area contributed by atoms with Crippen molar-refractivity contribution in [3.63, 3.8) is 0 Å². The van der Waals surface area contributed by atoms with Gasteiger partial charge in [-0.05, 0) is 69.8 Å². The molecule has 0 aliphatic heterocycles. The first-order valence-corrected chi connectivity index (χ1v) is 13.3. The Morgan fingerprint density at radius 3 is 2.38 bits per heavy atom. The predicted molar refractivity (Wildman–Crippen MR) is 157 cm³/mol. The number of anilines is 1. The van der Waals surface area contributed by atoms with Gasteiger partial charge in [0.05, 0.1) is 33.5 Å². The van der Waals surface area contributed by atoms with Crippen LogP contribution >= 0.6 is 0 Å². The highest BCUT2D eigenvalue weighted by atomic mass is 16.5. The molecule has 204 valence electrons. The molecule has 4 rings (SSSR count). The predicted octanol–water partition coefficient (Wildman–Crippen LogP) is 6.70. The standard InChI is InChI=1S/C33H38N2O4/c1-23-18-26(25-9-11-29(38-5)12-10-25)7-8-28(23)21-35(31(37)20-33(2,3)4)32-30-13-6-24(22-39-17-16-36)19-27(30)14-15-34-32/h6-15,18-19,36H,16-17,20-22H2,1-5H3. The number of amides is 1.